The van der Waals surface area contributed by atoms with Crippen molar-refractivity contribution in [1.29, 1.82) is 0 Å². The lowest BCUT2D eigenvalue weighted by molar-refractivity contribution is -0.417. The van der Waals surface area contributed by atoms with Crippen molar-refractivity contribution >= 4 is 23.2 Å². The molecule has 3 N–H and O–H groups in total. The Hall–Kier alpha value is -8.42. The summed E-state index contributed by atoms with van der Waals surface area (Å²) in [5.74, 6) is -8.20. The average molecular weight is 1490 g/mol. The first-order valence-electron chi connectivity index (χ1n) is 34.6. The minimum atomic E-state index is -1.88. The molecule has 106 heavy (non-hydrogen) atoms. The first-order valence-corrected chi connectivity index (χ1v) is 35.3. The van der Waals surface area contributed by atoms with Gasteiger partial charge in [0.25, 0.3) is 0 Å². The largest absolute Gasteiger partial charge is 0.494 e. The van der Waals surface area contributed by atoms with Gasteiger partial charge in [-0.2, -0.15) is 8.78 Å². The van der Waals surface area contributed by atoms with Gasteiger partial charge in [-0.1, -0.05) is 229 Å². The van der Waals surface area contributed by atoms with E-state index in [1.807, 2.05) is 182 Å². The third-order valence-electron chi connectivity index (χ3n) is 19.3. The Balaban J connectivity index is 0.000000199. The number of hydrogen-bond acceptors (Lipinski definition) is 15. The molecule has 10 aromatic rings. The second-order valence-corrected chi connectivity index (χ2v) is 26.9. The molecule has 3 aliphatic heterocycles. The Bertz CT molecular complexity index is 4470. The topological polar surface area (TPSA) is 171 Å². The maximum atomic E-state index is 15.2. The quantitative estimate of drug-likeness (QED) is 0.0363. The van der Waals surface area contributed by atoms with Crippen LogP contribution in [0.3, 0.4) is 0 Å². The first-order chi connectivity index (χ1) is 51.6. The predicted molar refractivity (Wildman–Crippen MR) is 390 cm³/mol. The lowest BCUT2D eigenvalue weighted by atomic mass is 9.80. The summed E-state index contributed by atoms with van der Waals surface area (Å²) in [6.07, 6.45) is -5.96. The molecule has 554 valence electrons. The number of fused-ring (bicyclic) bond motifs is 2. The van der Waals surface area contributed by atoms with Crippen LogP contribution in [0.2, 0.25) is 10.0 Å². The molecule has 3 fully saturated rings. The zero-order valence-electron chi connectivity index (χ0n) is 58.6. The van der Waals surface area contributed by atoms with E-state index in [0.717, 1.165) is 33.4 Å². The standard InChI is InChI=1S/C43H43ClF2O8.C42H39ClF2O7/c1-49-36-21-18-32(37(45)38(36)46)22-33-23-34(19-20-35(33)44)43(50-2)41(53-26-31-16-10-5-11-17-31)39(51-24-29-12-6-3-7-13-29)40(42(27-47,28-48)54-43)52-25-30-14-8-4-9-15-30;1-47-35-20-17-31(36(44)37(35)45)21-32-22-33(18-19-34(32)43)42-40(50-25-30-15-9-4-10-16-30)38(48-23-28-11-5-2-6-12-28)39(41(26-46,52-42)27-51-42)49-24-29-13-7-3-8-14-29/h3-21,23,39-41,47-48H,22,24-28H2,1-2H3;2-20,22,38-40,46H,21,23-27H2,1H3/t39-,40-,41+,43-;38-,39-,40+,41-,42-/m00/s1. The summed E-state index contributed by atoms with van der Waals surface area (Å²) in [4.78, 5) is 0. The molecule has 13 rings (SSSR count). The number of methoxy groups -OCH3 is 3. The third kappa shape index (κ3) is 17.0. The molecule has 0 aliphatic carbocycles. The molecule has 0 amide bonds. The van der Waals surface area contributed by atoms with Crippen LogP contribution in [0.5, 0.6) is 11.5 Å². The predicted octanol–water partition coefficient (Wildman–Crippen LogP) is 15.4. The van der Waals surface area contributed by atoms with E-state index in [-0.39, 0.29) is 86.7 Å². The molecule has 21 heteroatoms. The van der Waals surface area contributed by atoms with Crippen LogP contribution < -0.4 is 9.47 Å². The minimum Gasteiger partial charge on any atom is -0.494 e. The van der Waals surface area contributed by atoms with Crippen LogP contribution in [0.25, 0.3) is 0 Å². The van der Waals surface area contributed by atoms with Crippen LogP contribution in [-0.2, 0) is 111 Å². The summed E-state index contributed by atoms with van der Waals surface area (Å²) in [7, 11) is 3.96. The van der Waals surface area contributed by atoms with Gasteiger partial charge in [0.15, 0.2) is 23.1 Å². The SMILES string of the molecule is COc1ccc(Cc2cc([C@]3(OC)OC(CO)(CO)[C@@H](OCc4ccccc4)[C@H](OCc4ccccc4)[C@H]3OCc3ccccc3)ccc2Cl)c(F)c1F.COc1ccc(Cc2cc([C@]34OC[C@](CO)(O3)[C@@H](OCc3ccccc3)[C@H](OCc3ccccc3)[C@H]4OCc3ccccc3)ccc2Cl)c(F)c1F. The molecule has 0 spiro atoms. The summed E-state index contributed by atoms with van der Waals surface area (Å²) in [6.45, 7) is -0.952. The highest BCUT2D eigenvalue weighted by molar-refractivity contribution is 6.31. The van der Waals surface area contributed by atoms with Crippen LogP contribution in [-0.4, -0.2) is 111 Å². The van der Waals surface area contributed by atoms with Crippen LogP contribution in [0, 0.1) is 23.3 Å². The Morgan fingerprint density at radius 2 is 0.736 bits per heavy atom. The van der Waals surface area contributed by atoms with Gasteiger partial charge < -0.3 is 72.2 Å². The Morgan fingerprint density at radius 1 is 0.377 bits per heavy atom. The highest BCUT2D eigenvalue weighted by atomic mass is 35.5. The van der Waals surface area contributed by atoms with E-state index in [1.165, 1.54) is 45.6 Å². The van der Waals surface area contributed by atoms with E-state index in [1.54, 1.807) is 36.4 Å². The fourth-order valence-electron chi connectivity index (χ4n) is 13.7. The third-order valence-corrected chi connectivity index (χ3v) is 20.1. The summed E-state index contributed by atoms with van der Waals surface area (Å²) in [6, 6.07) is 73.3. The molecule has 0 radical (unpaired) electrons. The van der Waals surface area contributed by atoms with Gasteiger partial charge in [-0.05, 0) is 92.0 Å². The number of benzene rings is 10. The smallest absolute Gasteiger partial charge is 0.225 e. The van der Waals surface area contributed by atoms with Gasteiger partial charge in [0, 0.05) is 41.1 Å². The van der Waals surface area contributed by atoms with Crippen molar-refractivity contribution in [3.8, 4) is 11.5 Å². The minimum absolute atomic E-state index is 0.0348. The summed E-state index contributed by atoms with van der Waals surface area (Å²) < 4.78 is 137. The maximum absolute atomic E-state index is 15.2. The van der Waals surface area contributed by atoms with Gasteiger partial charge in [-0.3, -0.25) is 0 Å². The molecule has 2 bridgehead atoms. The Kier molecular flexibility index (Phi) is 25.9. The van der Waals surface area contributed by atoms with Crippen molar-refractivity contribution in [2.45, 2.75) is 112 Å². The fraction of sp³-hybridized carbons (Fsp3) is 0.294. The second kappa shape index (κ2) is 35.5. The Morgan fingerprint density at radius 3 is 1.12 bits per heavy atom. The molecule has 0 saturated carbocycles. The normalized spacial score (nSPS) is 22.3. The molecular formula is C85H82Cl2F4O15. The summed E-state index contributed by atoms with van der Waals surface area (Å²) >= 11 is 13.4. The van der Waals surface area contributed by atoms with Crippen molar-refractivity contribution in [2.75, 3.05) is 47.8 Å². The van der Waals surface area contributed by atoms with Crippen LogP contribution >= 0.6 is 23.2 Å². The lowest BCUT2D eigenvalue weighted by Crippen LogP contribution is -2.72. The van der Waals surface area contributed by atoms with Gasteiger partial charge in [0.05, 0.1) is 80.3 Å². The number of aliphatic hydroxyl groups is 3. The lowest BCUT2D eigenvalue weighted by Gasteiger charge is -2.56. The van der Waals surface area contributed by atoms with E-state index >= 15 is 8.78 Å². The number of halogens is 6. The molecule has 15 nitrogen and oxygen atoms in total. The molecule has 3 heterocycles. The van der Waals surface area contributed by atoms with E-state index in [0.29, 0.717) is 27.3 Å². The van der Waals surface area contributed by atoms with E-state index in [4.69, 9.17) is 80.0 Å². The molecule has 3 aliphatic rings. The molecule has 0 aromatic heterocycles. The van der Waals surface area contributed by atoms with Crippen molar-refractivity contribution in [3.63, 3.8) is 0 Å². The van der Waals surface area contributed by atoms with E-state index < -0.39 is 102 Å². The fourth-order valence-corrected chi connectivity index (χ4v) is 14.1. The van der Waals surface area contributed by atoms with Gasteiger partial charge in [0.1, 0.15) is 47.8 Å². The van der Waals surface area contributed by atoms with Crippen molar-refractivity contribution in [2.24, 2.45) is 0 Å². The van der Waals surface area contributed by atoms with E-state index in [9.17, 15) is 24.1 Å². The second-order valence-electron chi connectivity index (χ2n) is 26.1. The average Bonchev–Trinajstić information content (AvgIpc) is 1.44. The van der Waals surface area contributed by atoms with Gasteiger partial charge in [-0.15, -0.1) is 0 Å². The first kappa shape index (κ1) is 77.2. The van der Waals surface area contributed by atoms with Gasteiger partial charge in [0.2, 0.25) is 23.2 Å². The highest BCUT2D eigenvalue weighted by Gasteiger charge is 2.70. The number of ether oxygens (including phenoxy) is 12. The number of hydrogen-bond donors (Lipinski definition) is 3. The zero-order valence-corrected chi connectivity index (χ0v) is 60.1. The molecule has 10 aromatic carbocycles. The monoisotopic (exact) mass is 1490 g/mol. The zero-order chi connectivity index (χ0) is 74.3. The highest BCUT2D eigenvalue weighted by Crippen LogP contribution is 2.54. The Labute approximate surface area is 623 Å². The molecular weight excluding hydrogens is 1410 g/mol. The van der Waals surface area contributed by atoms with Crippen molar-refractivity contribution in [3.05, 3.63) is 343 Å². The molecule has 9 atom stereocenters. The van der Waals surface area contributed by atoms with Crippen LogP contribution in [0.15, 0.2) is 243 Å². The van der Waals surface area contributed by atoms with Crippen LogP contribution in [0.4, 0.5) is 17.6 Å². The van der Waals surface area contributed by atoms with Crippen molar-refractivity contribution < 1.29 is 89.7 Å². The summed E-state index contributed by atoms with van der Waals surface area (Å²) in [5, 5.41) is 34.0. The number of aliphatic hydroxyl groups excluding tert-OH is 3. The van der Waals surface area contributed by atoms with E-state index in [2.05, 4.69) is 0 Å². The summed E-state index contributed by atoms with van der Waals surface area (Å²) in [5.41, 5.74) is 4.08. The number of rotatable bonds is 30. The van der Waals surface area contributed by atoms with Gasteiger partial charge in [-0.25, -0.2) is 8.78 Å². The van der Waals surface area contributed by atoms with Gasteiger partial charge >= 0.3 is 0 Å². The van der Waals surface area contributed by atoms with Crippen LogP contribution in [0.1, 0.15) is 66.8 Å². The maximum Gasteiger partial charge on any atom is 0.225 e. The molecule has 0 unspecified atom stereocenters. The molecule has 3 saturated heterocycles. The van der Waals surface area contributed by atoms with Crippen molar-refractivity contribution in [1.82, 2.24) is 0 Å².